The van der Waals surface area contributed by atoms with Crippen LogP contribution in [0.15, 0.2) is 54.6 Å². The number of hydrogen-bond donors (Lipinski definition) is 1. The smallest absolute Gasteiger partial charge is 0.126 e. The standard InChI is InChI=1S/C21H22N2O/c1-24-21-11-5-2-7-16(21)8-6-13-23-14-12-18-17-9-3-4-10-19(17)22-20(18)15-23/h2-11,22H,12-15H2,1H3. The average Bonchev–Trinajstić information content (AvgIpc) is 3.00. The lowest BCUT2D eigenvalue weighted by molar-refractivity contribution is 0.280. The highest BCUT2D eigenvalue weighted by Gasteiger charge is 2.19. The first kappa shape index (κ1) is 15.0. The monoisotopic (exact) mass is 318 g/mol. The molecule has 0 saturated heterocycles. The van der Waals surface area contributed by atoms with Crippen molar-refractivity contribution in [1.82, 2.24) is 9.88 Å². The Balaban J connectivity index is 1.46. The molecule has 2 aromatic carbocycles. The van der Waals surface area contributed by atoms with Gasteiger partial charge >= 0.3 is 0 Å². The molecule has 3 nitrogen and oxygen atoms in total. The predicted molar refractivity (Wildman–Crippen MR) is 99.3 cm³/mol. The van der Waals surface area contributed by atoms with E-state index in [0.29, 0.717) is 0 Å². The summed E-state index contributed by atoms with van der Waals surface area (Å²) < 4.78 is 5.40. The van der Waals surface area contributed by atoms with E-state index in [-0.39, 0.29) is 0 Å². The van der Waals surface area contributed by atoms with Crippen molar-refractivity contribution in [3.8, 4) is 5.75 Å². The minimum atomic E-state index is 0.922. The zero-order valence-corrected chi connectivity index (χ0v) is 14.0. The van der Waals surface area contributed by atoms with E-state index in [9.17, 15) is 0 Å². The number of fused-ring (bicyclic) bond motifs is 3. The molecule has 0 bridgehead atoms. The maximum absolute atomic E-state index is 5.40. The first-order valence-electron chi connectivity index (χ1n) is 8.45. The number of rotatable bonds is 4. The van der Waals surface area contributed by atoms with E-state index in [1.165, 1.54) is 22.2 Å². The Morgan fingerprint density at radius 3 is 2.88 bits per heavy atom. The number of hydrogen-bond acceptors (Lipinski definition) is 2. The van der Waals surface area contributed by atoms with Gasteiger partial charge in [-0.2, -0.15) is 0 Å². The third-order valence-electron chi connectivity index (χ3n) is 4.76. The normalized spacial score (nSPS) is 15.0. The largest absolute Gasteiger partial charge is 0.496 e. The number of nitrogens with zero attached hydrogens (tertiary/aromatic N) is 1. The molecule has 0 fully saturated rings. The minimum Gasteiger partial charge on any atom is -0.496 e. The number of H-pyrrole nitrogens is 1. The fourth-order valence-corrected chi connectivity index (χ4v) is 3.54. The second-order valence-corrected chi connectivity index (χ2v) is 6.26. The Bertz CT molecular complexity index is 878. The number of benzene rings is 2. The second-order valence-electron chi connectivity index (χ2n) is 6.26. The Morgan fingerprint density at radius 1 is 1.12 bits per heavy atom. The molecule has 2 heterocycles. The van der Waals surface area contributed by atoms with E-state index in [1.54, 1.807) is 7.11 Å². The van der Waals surface area contributed by atoms with E-state index < -0.39 is 0 Å². The van der Waals surface area contributed by atoms with Crippen LogP contribution < -0.4 is 4.74 Å². The molecule has 1 aromatic heterocycles. The summed E-state index contributed by atoms with van der Waals surface area (Å²) in [5, 5.41) is 1.39. The Kier molecular flexibility index (Phi) is 4.09. The van der Waals surface area contributed by atoms with Crippen LogP contribution in [-0.2, 0) is 13.0 Å². The highest BCUT2D eigenvalue weighted by molar-refractivity contribution is 5.84. The summed E-state index contributed by atoms with van der Waals surface area (Å²) in [7, 11) is 1.72. The van der Waals surface area contributed by atoms with Crippen LogP contribution in [0.3, 0.4) is 0 Å². The predicted octanol–water partition coefficient (Wildman–Crippen LogP) is 4.25. The first-order valence-corrected chi connectivity index (χ1v) is 8.45. The van der Waals surface area contributed by atoms with Gasteiger partial charge in [-0.25, -0.2) is 0 Å². The SMILES string of the molecule is COc1ccccc1C=CCN1CCc2c([nH]c3ccccc23)C1. The maximum atomic E-state index is 5.40. The molecule has 24 heavy (non-hydrogen) atoms. The topological polar surface area (TPSA) is 28.3 Å². The van der Waals surface area contributed by atoms with Gasteiger partial charge in [-0.1, -0.05) is 48.6 Å². The van der Waals surface area contributed by atoms with E-state index >= 15 is 0 Å². The maximum Gasteiger partial charge on any atom is 0.126 e. The molecule has 0 atom stereocenters. The molecule has 0 unspecified atom stereocenters. The summed E-state index contributed by atoms with van der Waals surface area (Å²) in [6.07, 6.45) is 5.49. The molecule has 0 aliphatic carbocycles. The van der Waals surface area contributed by atoms with Crippen molar-refractivity contribution >= 4 is 17.0 Å². The van der Waals surface area contributed by atoms with Crippen molar-refractivity contribution < 1.29 is 4.74 Å². The lowest BCUT2D eigenvalue weighted by Gasteiger charge is -2.25. The number of para-hydroxylation sites is 2. The lowest BCUT2D eigenvalue weighted by atomic mass is 10.0. The van der Waals surface area contributed by atoms with Gasteiger partial charge in [-0.05, 0) is 24.1 Å². The highest BCUT2D eigenvalue weighted by Crippen LogP contribution is 2.27. The number of aromatic amines is 1. The molecule has 3 heteroatoms. The van der Waals surface area contributed by atoms with Crippen molar-refractivity contribution in [3.05, 3.63) is 71.4 Å². The molecule has 0 amide bonds. The molecule has 1 aliphatic heterocycles. The summed E-state index contributed by atoms with van der Waals surface area (Å²) >= 11 is 0. The van der Waals surface area contributed by atoms with E-state index in [1.807, 2.05) is 18.2 Å². The van der Waals surface area contributed by atoms with Gasteiger partial charge in [0.15, 0.2) is 0 Å². The quantitative estimate of drug-likeness (QED) is 0.779. The van der Waals surface area contributed by atoms with Crippen molar-refractivity contribution in [1.29, 1.82) is 0 Å². The Labute approximate surface area is 142 Å². The van der Waals surface area contributed by atoms with Crippen LogP contribution in [0, 0.1) is 0 Å². The molecule has 4 rings (SSSR count). The zero-order chi connectivity index (χ0) is 16.4. The van der Waals surface area contributed by atoms with Crippen molar-refractivity contribution in [2.45, 2.75) is 13.0 Å². The number of nitrogens with one attached hydrogen (secondary N) is 1. The Morgan fingerprint density at radius 2 is 1.96 bits per heavy atom. The molecule has 1 aliphatic rings. The minimum absolute atomic E-state index is 0.922. The fourth-order valence-electron chi connectivity index (χ4n) is 3.54. The third kappa shape index (κ3) is 2.83. The van der Waals surface area contributed by atoms with Gasteiger partial charge in [-0.15, -0.1) is 0 Å². The van der Waals surface area contributed by atoms with Gasteiger partial charge in [-0.3, -0.25) is 4.90 Å². The fraction of sp³-hybridized carbons (Fsp3) is 0.238. The van der Waals surface area contributed by atoms with E-state index in [0.717, 1.165) is 37.4 Å². The summed E-state index contributed by atoms with van der Waals surface area (Å²) in [5.74, 6) is 0.922. The molecule has 0 spiro atoms. The number of methoxy groups -OCH3 is 1. The number of ether oxygens (including phenoxy) is 1. The van der Waals surface area contributed by atoms with Crippen LogP contribution in [0.2, 0.25) is 0 Å². The van der Waals surface area contributed by atoms with Crippen molar-refractivity contribution in [2.24, 2.45) is 0 Å². The second kappa shape index (κ2) is 6.54. The summed E-state index contributed by atoms with van der Waals surface area (Å²) in [6, 6.07) is 16.7. The molecule has 1 N–H and O–H groups in total. The first-order chi connectivity index (χ1) is 11.8. The van der Waals surface area contributed by atoms with Crippen molar-refractivity contribution in [2.75, 3.05) is 20.2 Å². The van der Waals surface area contributed by atoms with Gasteiger partial charge in [0, 0.05) is 41.8 Å². The van der Waals surface area contributed by atoms with Gasteiger partial charge in [0.25, 0.3) is 0 Å². The molecular weight excluding hydrogens is 296 g/mol. The van der Waals surface area contributed by atoms with Gasteiger partial charge < -0.3 is 9.72 Å². The molecule has 0 radical (unpaired) electrons. The molecule has 122 valence electrons. The zero-order valence-electron chi connectivity index (χ0n) is 14.0. The summed E-state index contributed by atoms with van der Waals surface area (Å²) in [4.78, 5) is 6.06. The lowest BCUT2D eigenvalue weighted by Crippen LogP contribution is -2.30. The van der Waals surface area contributed by atoms with Gasteiger partial charge in [0.05, 0.1) is 7.11 Å². The average molecular weight is 318 g/mol. The summed E-state index contributed by atoms with van der Waals surface area (Å²) in [5.41, 5.74) is 5.25. The van der Waals surface area contributed by atoms with Crippen molar-refractivity contribution in [3.63, 3.8) is 0 Å². The third-order valence-corrected chi connectivity index (χ3v) is 4.76. The van der Waals surface area contributed by atoms with E-state index in [2.05, 4.69) is 52.4 Å². The van der Waals surface area contributed by atoms with Crippen LogP contribution in [0.1, 0.15) is 16.8 Å². The van der Waals surface area contributed by atoms with Gasteiger partial charge in [0.1, 0.15) is 5.75 Å². The highest BCUT2D eigenvalue weighted by atomic mass is 16.5. The van der Waals surface area contributed by atoms with E-state index in [4.69, 9.17) is 4.74 Å². The van der Waals surface area contributed by atoms with Crippen LogP contribution in [-0.4, -0.2) is 30.1 Å². The molecule has 0 saturated carbocycles. The van der Waals surface area contributed by atoms with Crippen LogP contribution in [0.4, 0.5) is 0 Å². The van der Waals surface area contributed by atoms with Crippen LogP contribution in [0.5, 0.6) is 5.75 Å². The molecule has 3 aromatic rings. The number of aromatic nitrogens is 1. The summed E-state index contributed by atoms with van der Waals surface area (Å²) in [6.45, 7) is 3.04. The Hall–Kier alpha value is -2.52. The van der Waals surface area contributed by atoms with Gasteiger partial charge in [0.2, 0.25) is 0 Å². The molecular formula is C21H22N2O. The van der Waals surface area contributed by atoms with Crippen LogP contribution in [0.25, 0.3) is 17.0 Å². The van der Waals surface area contributed by atoms with Crippen LogP contribution >= 0.6 is 0 Å².